The summed E-state index contributed by atoms with van der Waals surface area (Å²) in [7, 11) is 0. The highest BCUT2D eigenvalue weighted by Gasteiger charge is 2.25. The third kappa shape index (κ3) is 5.32. The van der Waals surface area contributed by atoms with Crippen LogP contribution < -0.4 is 5.32 Å². The Balaban J connectivity index is 1.05. The van der Waals surface area contributed by atoms with Crippen LogP contribution in [0.2, 0.25) is 0 Å². The van der Waals surface area contributed by atoms with Gasteiger partial charge in [0.2, 0.25) is 0 Å². The van der Waals surface area contributed by atoms with Gasteiger partial charge in [0, 0.05) is 50.0 Å². The molecule has 0 aliphatic carbocycles. The van der Waals surface area contributed by atoms with Gasteiger partial charge in [0.15, 0.2) is 6.17 Å². The molecule has 1 unspecified atom stereocenters. The third-order valence-corrected chi connectivity index (χ3v) is 10.9. The van der Waals surface area contributed by atoms with Crippen molar-refractivity contribution in [2.45, 2.75) is 6.17 Å². The number of rotatable bonds is 6. The van der Waals surface area contributed by atoms with Gasteiger partial charge in [-0.25, -0.2) is 9.98 Å². The molecule has 5 heteroatoms. The minimum Gasteiger partial charge on any atom is -0.456 e. The number of aliphatic imine (C=N–C) groups is 2. The van der Waals surface area contributed by atoms with Crippen molar-refractivity contribution in [3.63, 3.8) is 0 Å². The lowest BCUT2D eigenvalue weighted by molar-refractivity contribution is 0.667. The maximum atomic E-state index is 6.69. The van der Waals surface area contributed by atoms with E-state index in [0.29, 0.717) is 0 Å². The molecule has 1 atom stereocenters. The first kappa shape index (κ1) is 32.0. The number of para-hydroxylation sites is 1. The van der Waals surface area contributed by atoms with Crippen LogP contribution in [0.25, 0.3) is 71.7 Å². The molecule has 0 amide bonds. The molecule has 0 bridgehead atoms. The maximum absolute atomic E-state index is 6.69. The fraction of sp³-hybridized carbons (Fsp3) is 0.0196. The van der Waals surface area contributed by atoms with Crippen LogP contribution in [-0.2, 0) is 0 Å². The molecule has 11 rings (SSSR count). The molecule has 0 radical (unpaired) electrons. The zero-order valence-electron chi connectivity index (χ0n) is 30.3. The van der Waals surface area contributed by atoms with E-state index in [4.69, 9.17) is 14.4 Å². The molecule has 8 aromatic carbocycles. The highest BCUT2D eigenvalue weighted by molar-refractivity contribution is 6.17. The smallest absolute Gasteiger partial charge is 0.170 e. The van der Waals surface area contributed by atoms with E-state index in [1.54, 1.807) is 0 Å². The number of amidine groups is 2. The second-order valence-electron chi connectivity index (χ2n) is 14.2. The fourth-order valence-corrected chi connectivity index (χ4v) is 8.28. The van der Waals surface area contributed by atoms with E-state index in [1.165, 1.54) is 27.5 Å². The average molecular weight is 719 g/mol. The number of furan rings is 1. The Bertz CT molecular complexity index is 3140. The van der Waals surface area contributed by atoms with Crippen LogP contribution in [0.4, 0.5) is 0 Å². The summed E-state index contributed by atoms with van der Waals surface area (Å²) in [6.45, 7) is 0. The summed E-state index contributed by atoms with van der Waals surface area (Å²) in [6, 6.07) is 67.9. The lowest BCUT2D eigenvalue weighted by Crippen LogP contribution is -2.36. The number of hydrogen-bond donors (Lipinski definition) is 1. The topological polar surface area (TPSA) is 54.8 Å². The Kier molecular flexibility index (Phi) is 7.49. The van der Waals surface area contributed by atoms with Crippen LogP contribution in [0, 0.1) is 0 Å². The van der Waals surface area contributed by atoms with Crippen LogP contribution in [0.3, 0.4) is 0 Å². The van der Waals surface area contributed by atoms with Gasteiger partial charge in [0.1, 0.15) is 22.8 Å². The molecular weight excluding hydrogens is 685 g/mol. The van der Waals surface area contributed by atoms with Crippen LogP contribution in [0.1, 0.15) is 22.9 Å². The van der Waals surface area contributed by atoms with E-state index < -0.39 is 6.17 Å². The molecule has 0 saturated heterocycles. The molecule has 10 aromatic rings. The summed E-state index contributed by atoms with van der Waals surface area (Å²) < 4.78 is 9.05. The summed E-state index contributed by atoms with van der Waals surface area (Å²) in [5.74, 6) is 1.55. The predicted octanol–water partition coefficient (Wildman–Crippen LogP) is 12.5. The number of hydrogen-bond acceptors (Lipinski definition) is 4. The van der Waals surface area contributed by atoms with E-state index in [-0.39, 0.29) is 0 Å². The second-order valence-corrected chi connectivity index (χ2v) is 14.2. The molecule has 0 spiro atoms. The van der Waals surface area contributed by atoms with Crippen molar-refractivity contribution >= 4 is 55.4 Å². The highest BCUT2D eigenvalue weighted by Crippen LogP contribution is 2.41. The number of nitrogens with one attached hydrogen (secondary N) is 1. The molecule has 5 nitrogen and oxygen atoms in total. The average Bonchev–Trinajstić information content (AvgIpc) is 3.83. The van der Waals surface area contributed by atoms with Gasteiger partial charge in [-0.05, 0) is 52.6 Å². The fourth-order valence-electron chi connectivity index (χ4n) is 8.28. The Hall–Kier alpha value is -7.50. The molecule has 2 aromatic heterocycles. The quantitative estimate of drug-likeness (QED) is 0.186. The molecule has 0 fully saturated rings. The summed E-state index contributed by atoms with van der Waals surface area (Å²) in [5, 5.41) is 8.07. The molecular formula is C51H34N4O. The second kappa shape index (κ2) is 13.1. The molecule has 1 aliphatic rings. The summed E-state index contributed by atoms with van der Waals surface area (Å²) >= 11 is 0. The van der Waals surface area contributed by atoms with Crippen molar-refractivity contribution in [3.8, 4) is 27.9 Å². The van der Waals surface area contributed by atoms with Crippen molar-refractivity contribution in [1.29, 1.82) is 0 Å². The summed E-state index contributed by atoms with van der Waals surface area (Å²) in [5.41, 5.74) is 12.7. The van der Waals surface area contributed by atoms with Crippen LogP contribution in [0.15, 0.2) is 209 Å². The summed E-state index contributed by atoms with van der Waals surface area (Å²) in [6.07, 6.45) is -0.492. The van der Waals surface area contributed by atoms with Gasteiger partial charge in [-0.2, -0.15) is 0 Å². The van der Waals surface area contributed by atoms with Crippen LogP contribution in [0.5, 0.6) is 0 Å². The van der Waals surface area contributed by atoms with Crippen molar-refractivity contribution in [3.05, 3.63) is 211 Å². The highest BCUT2D eigenvalue weighted by atomic mass is 16.3. The number of aromatic nitrogens is 1. The molecule has 3 heterocycles. The molecule has 0 saturated carbocycles. The van der Waals surface area contributed by atoms with E-state index in [1.807, 2.05) is 36.4 Å². The van der Waals surface area contributed by atoms with Crippen LogP contribution in [-0.4, -0.2) is 16.2 Å². The van der Waals surface area contributed by atoms with Gasteiger partial charge in [0.05, 0.1) is 11.0 Å². The number of benzene rings is 8. The van der Waals surface area contributed by atoms with E-state index >= 15 is 0 Å². The van der Waals surface area contributed by atoms with Crippen molar-refractivity contribution in [1.82, 2.24) is 9.88 Å². The first-order valence-electron chi connectivity index (χ1n) is 18.9. The first-order valence-corrected chi connectivity index (χ1v) is 18.9. The molecule has 56 heavy (non-hydrogen) atoms. The van der Waals surface area contributed by atoms with E-state index in [2.05, 4.69) is 168 Å². The minimum atomic E-state index is -0.492. The summed E-state index contributed by atoms with van der Waals surface area (Å²) in [4.78, 5) is 10.5. The largest absolute Gasteiger partial charge is 0.456 e. The Labute approximate surface area is 323 Å². The lowest BCUT2D eigenvalue weighted by Gasteiger charge is -2.23. The maximum Gasteiger partial charge on any atom is 0.170 e. The number of fused-ring (bicyclic) bond motifs is 6. The molecule has 264 valence electrons. The zero-order chi connectivity index (χ0) is 37.0. The van der Waals surface area contributed by atoms with Gasteiger partial charge in [-0.15, -0.1) is 0 Å². The third-order valence-electron chi connectivity index (χ3n) is 10.9. The van der Waals surface area contributed by atoms with Gasteiger partial charge >= 0.3 is 0 Å². The zero-order valence-corrected chi connectivity index (χ0v) is 30.3. The van der Waals surface area contributed by atoms with Crippen LogP contribution >= 0.6 is 0 Å². The standard InChI is InChI=1S/C51H34N4O/c1-4-14-33(15-5-1)34-26-28-37(29-27-34)50-52-49(36-18-8-3-9-19-36)53-51(54-50)42-22-13-25-45-48(42)41-31-30-38(32-46(41)56-45)55-43-23-11-10-20-40(43)47-39(21-12-24-44(47)55)35-16-6-2-7-17-35/h1-32,51H,(H,52,53,54). The monoisotopic (exact) mass is 718 g/mol. The normalized spacial score (nSPS) is 14.2. The van der Waals surface area contributed by atoms with Gasteiger partial charge in [-0.3, -0.25) is 0 Å². The van der Waals surface area contributed by atoms with Crippen molar-refractivity contribution in [2.75, 3.05) is 0 Å². The van der Waals surface area contributed by atoms with E-state index in [9.17, 15) is 0 Å². The van der Waals surface area contributed by atoms with Gasteiger partial charge < -0.3 is 14.3 Å². The Morgan fingerprint density at radius 2 is 1.02 bits per heavy atom. The van der Waals surface area contributed by atoms with E-state index in [0.717, 1.165) is 72.6 Å². The first-order chi connectivity index (χ1) is 27.8. The minimum absolute atomic E-state index is 0.492. The Morgan fingerprint density at radius 1 is 0.429 bits per heavy atom. The van der Waals surface area contributed by atoms with Crippen molar-refractivity contribution in [2.24, 2.45) is 9.98 Å². The molecule has 1 aliphatic heterocycles. The van der Waals surface area contributed by atoms with Crippen molar-refractivity contribution < 1.29 is 4.42 Å². The lowest BCUT2D eigenvalue weighted by atomic mass is 9.99. The Morgan fingerprint density at radius 3 is 1.77 bits per heavy atom. The van der Waals surface area contributed by atoms with Gasteiger partial charge in [0.25, 0.3) is 0 Å². The SMILES string of the molecule is c1ccc(C2=NC(c3cccc4oc5cc(-n6c7ccccc7c7c(-c8ccccc8)cccc76)ccc5c34)N=C(c3ccc(-c4ccccc4)cc3)N2)cc1. The number of nitrogens with zero attached hydrogens (tertiary/aromatic N) is 3. The molecule has 1 N–H and O–H groups in total. The predicted molar refractivity (Wildman–Crippen MR) is 231 cm³/mol. The van der Waals surface area contributed by atoms with Gasteiger partial charge in [-0.1, -0.05) is 158 Å².